The van der Waals surface area contributed by atoms with Crippen molar-refractivity contribution in [2.75, 3.05) is 61.2 Å². The molecule has 18 heteroatoms. The Bertz CT molecular complexity index is 2010. The van der Waals surface area contributed by atoms with Crippen LogP contribution in [-0.4, -0.2) is 184 Å². The largest absolute Gasteiger partial charge is 0.490 e. The first-order valence-corrected chi connectivity index (χ1v) is 26.6. The smallest absolute Gasteiger partial charge is 0.309 e. The molecule has 0 aliphatic carbocycles. The first-order valence-electron chi connectivity index (χ1n) is 26.6. The molecule has 1 aromatic heterocycles. The Morgan fingerprint density at radius 2 is 1.70 bits per heavy atom. The van der Waals surface area contributed by atoms with Gasteiger partial charge in [-0.1, -0.05) is 57.7 Å². The zero-order chi connectivity index (χ0) is 54.2. The molecule has 416 valence electrons. The van der Waals surface area contributed by atoms with Gasteiger partial charge in [0.05, 0.1) is 47.2 Å². The van der Waals surface area contributed by atoms with Crippen molar-refractivity contribution in [3.63, 3.8) is 0 Å². The Hall–Kier alpha value is -3.14. The minimum Gasteiger partial charge on any atom is -0.490 e. The lowest BCUT2D eigenvalue weighted by Crippen LogP contribution is -2.61. The standard InChI is InChI=1S/C55H92FN5O12/c1-16-24-69-42-20-18-40(19-21-42)48(67-14)43(29-56)61-32-41(57-58-61)22-23-59(12)31-39-25-34(4)70-46(26-39)73-51-35(5)47(44-28-54(10,68-15)50(63)38(8)71-44)36(6)52(64)72-45(17-2)55(11,66)49(62)37(7)60(13)30-33(3)27-53(51,9)65/h16,18-21,32-39,43-51,62-63,65-66H,1,17,22-31H2,2-15H3/t33-,34-,35+,36-,37-,38+,39?,43-,44-,45-,46+,47?,48-,49-,50+,51-,53-,54-,55-/m1/s1. The van der Waals surface area contributed by atoms with Crippen molar-refractivity contribution in [3.8, 4) is 5.75 Å². The van der Waals surface area contributed by atoms with E-state index < -0.39 is 108 Å². The van der Waals surface area contributed by atoms with E-state index >= 15 is 0 Å². The molecular formula is C55H92FN5O12. The van der Waals surface area contributed by atoms with Crippen molar-refractivity contribution >= 4 is 5.97 Å². The molecule has 0 radical (unpaired) electrons. The van der Waals surface area contributed by atoms with Gasteiger partial charge in [-0.25, -0.2) is 9.07 Å². The number of likely N-dealkylation sites (N-methyl/N-ethyl adjacent to an activating group) is 2. The quantitative estimate of drug-likeness (QED) is 0.0983. The molecule has 4 N–H and O–H groups in total. The molecule has 19 atom stereocenters. The predicted molar refractivity (Wildman–Crippen MR) is 276 cm³/mol. The summed E-state index contributed by atoms with van der Waals surface area (Å²) in [5.74, 6) is -1.97. The lowest BCUT2D eigenvalue weighted by molar-refractivity contribution is -0.275. The van der Waals surface area contributed by atoms with Gasteiger partial charge in [0.15, 0.2) is 6.29 Å². The third-order valence-corrected chi connectivity index (χ3v) is 16.4. The number of hydrogen-bond acceptors (Lipinski definition) is 16. The molecule has 2 unspecified atom stereocenters. The predicted octanol–water partition coefficient (Wildman–Crippen LogP) is 6.12. The molecule has 0 saturated carbocycles. The van der Waals surface area contributed by atoms with E-state index in [9.17, 15) is 29.6 Å². The van der Waals surface area contributed by atoms with Gasteiger partial charge in [0.1, 0.15) is 55.1 Å². The van der Waals surface area contributed by atoms with E-state index in [0.29, 0.717) is 44.7 Å². The number of rotatable bonds is 18. The number of aromatic nitrogens is 3. The molecule has 3 aliphatic heterocycles. The van der Waals surface area contributed by atoms with E-state index in [1.54, 1.807) is 51.9 Å². The summed E-state index contributed by atoms with van der Waals surface area (Å²) in [7, 11) is 7.04. The molecule has 5 rings (SSSR count). The highest BCUT2D eigenvalue weighted by Gasteiger charge is 2.54. The van der Waals surface area contributed by atoms with Crippen LogP contribution in [0.3, 0.4) is 0 Å². The third kappa shape index (κ3) is 14.9. The fraction of sp³-hybridized carbons (Fsp3) is 0.800. The molecule has 1 aromatic carbocycles. The Balaban J connectivity index is 1.38. The Morgan fingerprint density at radius 1 is 1.01 bits per heavy atom. The molecular weight excluding hydrogens is 942 g/mol. The maximum absolute atomic E-state index is 14.7. The number of hydrogen-bond donors (Lipinski definition) is 4. The van der Waals surface area contributed by atoms with Crippen LogP contribution in [0, 0.1) is 29.6 Å². The van der Waals surface area contributed by atoms with Gasteiger partial charge in [-0.05, 0) is 110 Å². The van der Waals surface area contributed by atoms with Crippen LogP contribution in [0.4, 0.5) is 4.39 Å². The maximum atomic E-state index is 14.7. The molecule has 0 amide bonds. The first-order chi connectivity index (χ1) is 34.3. The van der Waals surface area contributed by atoms with Crippen molar-refractivity contribution < 1.29 is 62.8 Å². The van der Waals surface area contributed by atoms with E-state index in [0.717, 1.165) is 24.2 Å². The maximum Gasteiger partial charge on any atom is 0.309 e. The summed E-state index contributed by atoms with van der Waals surface area (Å²) >= 11 is 0. The number of cyclic esters (lactones) is 1. The summed E-state index contributed by atoms with van der Waals surface area (Å²) in [6.07, 6.45) is -0.847. The number of esters is 1. The molecule has 2 aromatic rings. The molecule has 73 heavy (non-hydrogen) atoms. The van der Waals surface area contributed by atoms with Crippen LogP contribution in [0.5, 0.6) is 5.75 Å². The van der Waals surface area contributed by atoms with Crippen LogP contribution in [0.15, 0.2) is 43.1 Å². The van der Waals surface area contributed by atoms with E-state index in [-0.39, 0.29) is 30.8 Å². The van der Waals surface area contributed by atoms with Gasteiger partial charge in [-0.2, -0.15) is 0 Å². The number of methoxy groups -OCH3 is 2. The van der Waals surface area contributed by atoms with Crippen LogP contribution < -0.4 is 4.74 Å². The van der Waals surface area contributed by atoms with Crippen molar-refractivity contribution in [2.45, 2.75) is 192 Å². The molecule has 3 fully saturated rings. The van der Waals surface area contributed by atoms with Gasteiger partial charge < -0.3 is 63.4 Å². The minimum absolute atomic E-state index is 0.115. The lowest BCUT2D eigenvalue weighted by Gasteiger charge is -2.51. The first kappa shape index (κ1) is 60.7. The van der Waals surface area contributed by atoms with Crippen molar-refractivity contribution in [1.82, 2.24) is 24.8 Å². The lowest BCUT2D eigenvalue weighted by atomic mass is 9.68. The van der Waals surface area contributed by atoms with Gasteiger partial charge >= 0.3 is 5.97 Å². The molecule has 3 saturated heterocycles. The summed E-state index contributed by atoms with van der Waals surface area (Å²) in [5.41, 5.74) is -2.78. The van der Waals surface area contributed by atoms with Crippen molar-refractivity contribution in [1.29, 1.82) is 0 Å². The number of halogens is 1. The summed E-state index contributed by atoms with van der Waals surface area (Å²) in [6, 6.07) is 6.09. The number of aliphatic hydroxyl groups is 4. The number of alkyl halides is 1. The average molecular weight is 1030 g/mol. The Morgan fingerprint density at radius 3 is 2.32 bits per heavy atom. The second kappa shape index (κ2) is 26.3. The Kier molecular flexibility index (Phi) is 21.9. The third-order valence-electron chi connectivity index (χ3n) is 16.4. The van der Waals surface area contributed by atoms with Crippen LogP contribution in [0.1, 0.15) is 125 Å². The number of benzene rings is 1. The highest BCUT2D eigenvalue weighted by atomic mass is 19.1. The number of ether oxygens (including phenoxy) is 7. The highest BCUT2D eigenvalue weighted by molar-refractivity contribution is 5.73. The molecule has 4 heterocycles. The fourth-order valence-corrected chi connectivity index (χ4v) is 12.2. The summed E-state index contributed by atoms with van der Waals surface area (Å²) < 4.78 is 60.2. The van der Waals surface area contributed by atoms with Gasteiger partial charge in [0.2, 0.25) is 0 Å². The van der Waals surface area contributed by atoms with Crippen LogP contribution >= 0.6 is 0 Å². The molecule has 0 bridgehead atoms. The topological polar surface area (TPSA) is 200 Å². The number of aliphatic hydroxyl groups excluding tert-OH is 2. The molecule has 0 spiro atoms. The second-order valence-corrected chi connectivity index (χ2v) is 22.6. The zero-order valence-corrected chi connectivity index (χ0v) is 46.4. The van der Waals surface area contributed by atoms with E-state index in [2.05, 4.69) is 28.8 Å². The van der Waals surface area contributed by atoms with Crippen molar-refractivity contribution in [2.24, 2.45) is 29.6 Å². The van der Waals surface area contributed by atoms with Gasteiger partial charge in [0.25, 0.3) is 0 Å². The van der Waals surface area contributed by atoms with Crippen molar-refractivity contribution in [3.05, 3.63) is 54.4 Å². The molecule has 17 nitrogen and oxygen atoms in total. The second-order valence-electron chi connectivity index (χ2n) is 22.6. The number of carbonyl (C=O) groups excluding carboxylic acids is 1. The average Bonchev–Trinajstić information content (AvgIpc) is 3.81. The van der Waals surface area contributed by atoms with Gasteiger partial charge in [-0.15, -0.1) is 5.10 Å². The van der Waals surface area contributed by atoms with Gasteiger partial charge in [0, 0.05) is 71.3 Å². The molecule has 3 aliphatic rings. The number of nitrogens with zero attached hydrogens (tertiary/aromatic N) is 5. The minimum atomic E-state index is -1.79. The summed E-state index contributed by atoms with van der Waals surface area (Å²) in [6.45, 7) is 23.6. The van der Waals surface area contributed by atoms with Crippen LogP contribution in [-0.2, 0) is 39.6 Å². The summed E-state index contributed by atoms with van der Waals surface area (Å²) in [4.78, 5) is 18.8. The van der Waals surface area contributed by atoms with Gasteiger partial charge in [-0.3, -0.25) is 4.79 Å². The highest BCUT2D eigenvalue weighted by Crippen LogP contribution is 2.45. The number of carbonyl (C=O) groups is 1. The fourth-order valence-electron chi connectivity index (χ4n) is 12.2. The Labute approximate surface area is 435 Å². The summed E-state index contributed by atoms with van der Waals surface area (Å²) in [5, 5.41) is 56.6. The SMILES string of the molecule is C=CCOc1ccc([C@@H](OC)[C@@H](CF)n2cc(CCN(C)CC3C[C@H](O[C@@H]4[C@@H](C)C([C@H]5C[C@@](C)(OC)[C@@H](O)[C@H](C)O5)[C@@H](C)C(=O)O[C@H](CC)[C@@](C)(O)[C@H](O)[C@@H](C)N(C)C[C@H](C)C[C@@]4(C)O)O[C@H](C)C3)nn2)cc1. The van der Waals surface area contributed by atoms with E-state index in [1.807, 2.05) is 77.8 Å². The van der Waals surface area contributed by atoms with Crippen LogP contribution in [0.2, 0.25) is 0 Å². The van der Waals surface area contributed by atoms with Crippen LogP contribution in [0.25, 0.3) is 0 Å². The zero-order valence-electron chi connectivity index (χ0n) is 46.4. The monoisotopic (exact) mass is 1030 g/mol. The normalized spacial score (nSPS) is 38.5. The van der Waals surface area contributed by atoms with E-state index in [4.69, 9.17) is 33.2 Å². The van der Waals surface area contributed by atoms with E-state index in [1.165, 1.54) is 6.92 Å².